The van der Waals surface area contributed by atoms with Gasteiger partial charge in [0.2, 0.25) is 11.8 Å². The second kappa shape index (κ2) is 10.9. The Morgan fingerprint density at radius 3 is 2.91 bits per heavy atom. The number of nitrogens with zero attached hydrogens (tertiary/aromatic N) is 4. The summed E-state index contributed by atoms with van der Waals surface area (Å²) in [5.41, 5.74) is 1.54. The molecule has 0 aromatic carbocycles. The van der Waals surface area contributed by atoms with E-state index in [1.807, 2.05) is 6.92 Å². The fourth-order valence-corrected chi connectivity index (χ4v) is 5.48. The first-order chi connectivity index (χ1) is 16.0. The van der Waals surface area contributed by atoms with Crippen molar-refractivity contribution in [3.05, 3.63) is 28.3 Å². The molecule has 33 heavy (non-hydrogen) atoms. The monoisotopic (exact) mass is 472 g/mol. The van der Waals surface area contributed by atoms with Crippen LogP contribution in [0.25, 0.3) is 10.3 Å². The fraction of sp³-hybridized carbons (Fsp3) is 0.609. The molecule has 2 amide bonds. The van der Waals surface area contributed by atoms with E-state index in [0.717, 1.165) is 38.6 Å². The van der Waals surface area contributed by atoms with E-state index in [-0.39, 0.29) is 29.8 Å². The van der Waals surface area contributed by atoms with E-state index in [4.69, 9.17) is 0 Å². The normalized spacial score (nSPS) is 18.8. The predicted molar refractivity (Wildman–Crippen MR) is 129 cm³/mol. The molecule has 9 nitrogen and oxygen atoms in total. The molecule has 0 unspecified atom stereocenters. The van der Waals surface area contributed by atoms with Crippen molar-refractivity contribution >= 4 is 38.6 Å². The van der Waals surface area contributed by atoms with Crippen LogP contribution in [0.4, 0.5) is 5.13 Å². The van der Waals surface area contributed by atoms with Gasteiger partial charge in [0.25, 0.3) is 5.56 Å². The Labute approximate surface area is 197 Å². The van der Waals surface area contributed by atoms with Crippen molar-refractivity contribution in [2.45, 2.75) is 58.4 Å². The third-order valence-corrected chi connectivity index (χ3v) is 7.35. The number of allylic oxidation sites excluding steroid dienone is 1. The van der Waals surface area contributed by atoms with Crippen molar-refractivity contribution in [1.29, 1.82) is 0 Å². The Kier molecular flexibility index (Phi) is 7.74. The maximum absolute atomic E-state index is 13.0. The van der Waals surface area contributed by atoms with Crippen molar-refractivity contribution in [3.63, 3.8) is 0 Å². The number of thiazole rings is 1. The van der Waals surface area contributed by atoms with Crippen molar-refractivity contribution < 1.29 is 9.59 Å². The van der Waals surface area contributed by atoms with Gasteiger partial charge in [-0.2, -0.15) is 4.98 Å². The summed E-state index contributed by atoms with van der Waals surface area (Å²) in [6, 6.07) is 0. The SMILES string of the molecule is CCNC(=O)[C@@H]1CCCN(c2nc3ncn(CC(=O)NCCC4=CCCCC4)c(=O)c3s2)C1. The highest BCUT2D eigenvalue weighted by atomic mass is 32.1. The van der Waals surface area contributed by atoms with E-state index in [1.165, 1.54) is 40.6 Å². The number of carbonyl (C=O) groups is 2. The van der Waals surface area contributed by atoms with Gasteiger partial charge in [-0.3, -0.25) is 19.0 Å². The van der Waals surface area contributed by atoms with Crippen LogP contribution < -0.4 is 21.1 Å². The van der Waals surface area contributed by atoms with E-state index < -0.39 is 0 Å². The molecule has 3 heterocycles. The molecule has 0 spiro atoms. The first-order valence-electron chi connectivity index (χ1n) is 11.9. The number of piperidine rings is 1. The first-order valence-corrected chi connectivity index (χ1v) is 12.7. The van der Waals surface area contributed by atoms with Crippen LogP contribution in [0.5, 0.6) is 0 Å². The summed E-state index contributed by atoms with van der Waals surface area (Å²) in [5.74, 6) is -0.210. The zero-order chi connectivity index (χ0) is 23.2. The van der Waals surface area contributed by atoms with Crippen molar-refractivity contribution in [2.75, 3.05) is 31.1 Å². The van der Waals surface area contributed by atoms with E-state index in [9.17, 15) is 14.4 Å². The highest BCUT2D eigenvalue weighted by Crippen LogP contribution is 2.29. The molecule has 2 aromatic heterocycles. The van der Waals surface area contributed by atoms with Gasteiger partial charge in [0.1, 0.15) is 17.6 Å². The zero-order valence-electron chi connectivity index (χ0n) is 19.1. The van der Waals surface area contributed by atoms with Crippen LogP contribution in [0, 0.1) is 5.92 Å². The van der Waals surface area contributed by atoms with Crippen LogP contribution >= 0.6 is 11.3 Å². The molecule has 10 heteroatoms. The van der Waals surface area contributed by atoms with E-state index in [1.54, 1.807) is 0 Å². The lowest BCUT2D eigenvalue weighted by atomic mass is 9.97. The molecule has 2 aliphatic rings. The van der Waals surface area contributed by atoms with Gasteiger partial charge in [0, 0.05) is 26.2 Å². The standard InChI is InChI=1S/C23H32N6O3S/c1-2-24-21(31)17-9-6-12-28(13-17)23-27-20-19(33-23)22(32)29(15-26-20)14-18(30)25-11-10-16-7-4-3-5-8-16/h7,15,17H,2-6,8-14H2,1H3,(H,24,31)(H,25,30)/t17-/m1/s1. The zero-order valence-corrected chi connectivity index (χ0v) is 20.0. The maximum Gasteiger partial charge on any atom is 0.273 e. The number of carbonyl (C=O) groups excluding carboxylic acids is 2. The summed E-state index contributed by atoms with van der Waals surface area (Å²) in [6.45, 7) is 4.43. The number of anilines is 1. The molecule has 1 fully saturated rings. The molecule has 1 aliphatic carbocycles. The summed E-state index contributed by atoms with van der Waals surface area (Å²) in [4.78, 5) is 48.5. The molecule has 0 bridgehead atoms. The Bertz CT molecular complexity index is 1090. The minimum Gasteiger partial charge on any atom is -0.356 e. The summed E-state index contributed by atoms with van der Waals surface area (Å²) in [7, 11) is 0. The molecule has 178 valence electrons. The minimum atomic E-state index is -0.258. The number of aromatic nitrogens is 3. The van der Waals surface area contributed by atoms with Gasteiger partial charge in [-0.15, -0.1) is 0 Å². The summed E-state index contributed by atoms with van der Waals surface area (Å²) in [5, 5.41) is 6.50. The van der Waals surface area contributed by atoms with Gasteiger partial charge in [0.05, 0.1) is 5.92 Å². The Morgan fingerprint density at radius 2 is 2.12 bits per heavy atom. The topological polar surface area (TPSA) is 109 Å². The van der Waals surface area contributed by atoms with Crippen LogP contribution in [-0.4, -0.2) is 52.5 Å². The van der Waals surface area contributed by atoms with E-state index >= 15 is 0 Å². The Hall–Kier alpha value is -2.75. The van der Waals surface area contributed by atoms with Gasteiger partial charge >= 0.3 is 0 Å². The van der Waals surface area contributed by atoms with Crippen molar-refractivity contribution in [2.24, 2.45) is 5.92 Å². The number of hydrogen-bond acceptors (Lipinski definition) is 7. The van der Waals surface area contributed by atoms with Crippen LogP contribution in [0.3, 0.4) is 0 Å². The predicted octanol–water partition coefficient (Wildman–Crippen LogP) is 2.21. The van der Waals surface area contributed by atoms with Crippen molar-refractivity contribution in [3.8, 4) is 0 Å². The second-order valence-corrected chi connectivity index (χ2v) is 9.69. The highest BCUT2D eigenvalue weighted by molar-refractivity contribution is 7.22. The molecule has 1 atom stereocenters. The molecule has 2 N–H and O–H groups in total. The lowest BCUT2D eigenvalue weighted by molar-refractivity contribution is -0.125. The number of hydrogen-bond donors (Lipinski definition) is 2. The molecular formula is C23H32N6O3S. The summed E-state index contributed by atoms with van der Waals surface area (Å²) < 4.78 is 1.78. The third-order valence-electron chi connectivity index (χ3n) is 6.25. The summed E-state index contributed by atoms with van der Waals surface area (Å²) >= 11 is 1.28. The van der Waals surface area contributed by atoms with Crippen LogP contribution in [0.15, 0.2) is 22.8 Å². The number of nitrogens with one attached hydrogen (secondary N) is 2. The van der Waals surface area contributed by atoms with Gasteiger partial charge < -0.3 is 15.5 Å². The summed E-state index contributed by atoms with van der Waals surface area (Å²) in [6.07, 6.45) is 11.0. The highest BCUT2D eigenvalue weighted by Gasteiger charge is 2.27. The first kappa shape index (κ1) is 23.4. The third kappa shape index (κ3) is 5.79. The van der Waals surface area contributed by atoms with Gasteiger partial charge in [0.15, 0.2) is 10.8 Å². The number of rotatable bonds is 8. The lowest BCUT2D eigenvalue weighted by Crippen LogP contribution is -2.43. The van der Waals surface area contributed by atoms with Crippen LogP contribution in [0.2, 0.25) is 0 Å². The molecule has 1 aliphatic heterocycles. The van der Waals surface area contributed by atoms with Gasteiger partial charge in [-0.05, 0) is 51.9 Å². The molecule has 0 radical (unpaired) electrons. The quantitative estimate of drug-likeness (QED) is 0.570. The fourth-order valence-electron chi connectivity index (χ4n) is 4.47. The van der Waals surface area contributed by atoms with E-state index in [0.29, 0.717) is 35.1 Å². The smallest absolute Gasteiger partial charge is 0.273 e. The largest absolute Gasteiger partial charge is 0.356 e. The molecule has 0 saturated carbocycles. The maximum atomic E-state index is 13.0. The molecule has 4 rings (SSSR count). The second-order valence-electron chi connectivity index (χ2n) is 8.71. The Balaban J connectivity index is 1.39. The number of amides is 2. The molecule has 1 saturated heterocycles. The Morgan fingerprint density at radius 1 is 1.24 bits per heavy atom. The van der Waals surface area contributed by atoms with Crippen molar-refractivity contribution in [1.82, 2.24) is 25.2 Å². The van der Waals surface area contributed by atoms with Gasteiger partial charge in [-0.25, -0.2) is 4.98 Å². The average molecular weight is 473 g/mol. The van der Waals surface area contributed by atoms with Gasteiger partial charge in [-0.1, -0.05) is 23.0 Å². The average Bonchev–Trinajstić information content (AvgIpc) is 3.27. The molecule has 2 aromatic rings. The van der Waals surface area contributed by atoms with Crippen LogP contribution in [-0.2, 0) is 16.1 Å². The minimum absolute atomic E-state index is 0.0585. The van der Waals surface area contributed by atoms with E-state index in [2.05, 4.69) is 31.6 Å². The van der Waals surface area contributed by atoms with Crippen LogP contribution in [0.1, 0.15) is 51.9 Å². The molecular weight excluding hydrogens is 440 g/mol. The number of fused-ring (bicyclic) bond motifs is 1. The lowest BCUT2D eigenvalue weighted by Gasteiger charge is -2.31.